The van der Waals surface area contributed by atoms with Crippen LogP contribution in [0.1, 0.15) is 43.0 Å². The fourth-order valence-corrected chi connectivity index (χ4v) is 5.80. The largest absolute Gasteiger partial charge is 0.393 e. The predicted molar refractivity (Wildman–Crippen MR) is 91.8 cm³/mol. The fourth-order valence-electron chi connectivity index (χ4n) is 4.79. The van der Waals surface area contributed by atoms with Gasteiger partial charge in [0.25, 0.3) is 0 Å². The first kappa shape index (κ1) is 14.7. The van der Waals surface area contributed by atoms with Crippen LogP contribution in [0.2, 0.25) is 0 Å². The number of aliphatic hydroxyl groups is 1. The van der Waals surface area contributed by atoms with Crippen molar-refractivity contribution >= 4 is 17.2 Å². The molecule has 3 aliphatic heterocycles. The molecule has 6 heteroatoms. The fraction of sp³-hybridized carbons (Fsp3) is 0.556. The highest BCUT2D eigenvalue weighted by atomic mass is 32.1. The Hall–Kier alpha value is -1.66. The maximum absolute atomic E-state index is 11.8. The first-order chi connectivity index (χ1) is 11.7. The van der Waals surface area contributed by atoms with Gasteiger partial charge in [-0.05, 0) is 43.0 Å². The first-order valence-corrected chi connectivity index (χ1v) is 9.67. The number of hydrogen-bond donors (Lipinski definition) is 1. The summed E-state index contributed by atoms with van der Waals surface area (Å²) in [7, 11) is 0. The van der Waals surface area contributed by atoms with E-state index in [4.69, 9.17) is 0 Å². The highest BCUT2D eigenvalue weighted by Crippen LogP contribution is 2.45. The molecule has 2 aromatic rings. The Morgan fingerprint density at radius 2 is 2.33 bits per heavy atom. The molecular weight excluding hydrogens is 322 g/mol. The lowest BCUT2D eigenvalue weighted by atomic mass is 9.84. The Bertz CT molecular complexity index is 743. The number of hydrogen-bond acceptors (Lipinski definition) is 4. The molecule has 2 saturated heterocycles. The molecule has 5 rings (SSSR count). The van der Waals surface area contributed by atoms with Gasteiger partial charge in [0.05, 0.1) is 30.4 Å². The summed E-state index contributed by atoms with van der Waals surface area (Å²) in [5.74, 6) is 0.600. The minimum absolute atomic E-state index is 0.204. The van der Waals surface area contributed by atoms with E-state index in [9.17, 15) is 9.90 Å². The predicted octanol–water partition coefficient (Wildman–Crippen LogP) is 2.67. The molecule has 4 atom stereocenters. The van der Waals surface area contributed by atoms with E-state index in [1.807, 2.05) is 17.4 Å². The molecule has 0 bridgehead atoms. The van der Waals surface area contributed by atoms with E-state index in [2.05, 4.69) is 21.0 Å². The third-order valence-corrected chi connectivity index (χ3v) is 7.07. The van der Waals surface area contributed by atoms with Gasteiger partial charge in [-0.2, -0.15) is 0 Å². The number of carbonyl (C=O) groups excluding carboxylic acids is 1. The monoisotopic (exact) mass is 343 g/mol. The summed E-state index contributed by atoms with van der Waals surface area (Å²) in [6.07, 6.45) is 7.74. The lowest BCUT2D eigenvalue weighted by Gasteiger charge is -2.37. The molecule has 0 spiro atoms. The minimum atomic E-state index is -0.323. The van der Waals surface area contributed by atoms with Crippen molar-refractivity contribution in [2.24, 2.45) is 5.92 Å². The molecule has 2 aromatic heterocycles. The lowest BCUT2D eigenvalue weighted by molar-refractivity contribution is -0.131. The van der Waals surface area contributed by atoms with Gasteiger partial charge in [0.1, 0.15) is 0 Å². The molecule has 24 heavy (non-hydrogen) atoms. The Balaban J connectivity index is 1.33. The average Bonchev–Trinajstić information content (AvgIpc) is 3.33. The Morgan fingerprint density at radius 3 is 3.25 bits per heavy atom. The third kappa shape index (κ3) is 2.09. The molecule has 3 aliphatic rings. The smallest absolute Gasteiger partial charge is 0.222 e. The maximum atomic E-state index is 11.8. The van der Waals surface area contributed by atoms with Gasteiger partial charge in [-0.3, -0.25) is 4.79 Å². The Morgan fingerprint density at radius 1 is 1.42 bits per heavy atom. The number of thiophene rings is 1. The number of piperidine rings is 1. The SMILES string of the molecule is O=C1CC[C@H]2C[C@@H]([C@H](O)C[C@@H]3c4sccc4-c4cncn43)CCN12. The van der Waals surface area contributed by atoms with Gasteiger partial charge in [-0.1, -0.05) is 0 Å². The number of aromatic nitrogens is 2. The van der Waals surface area contributed by atoms with E-state index in [-0.39, 0.29) is 12.1 Å². The van der Waals surface area contributed by atoms with Gasteiger partial charge in [0, 0.05) is 29.4 Å². The molecule has 5 nitrogen and oxygen atoms in total. The van der Waals surface area contributed by atoms with Crippen LogP contribution in [0.4, 0.5) is 0 Å². The van der Waals surface area contributed by atoms with Crippen LogP contribution in [-0.2, 0) is 4.79 Å². The van der Waals surface area contributed by atoms with Crippen molar-refractivity contribution < 1.29 is 9.90 Å². The molecule has 2 fully saturated rings. The van der Waals surface area contributed by atoms with Crippen molar-refractivity contribution in [3.63, 3.8) is 0 Å². The summed E-state index contributed by atoms with van der Waals surface area (Å²) >= 11 is 1.77. The van der Waals surface area contributed by atoms with Crippen molar-refractivity contribution in [3.8, 4) is 11.3 Å². The molecule has 5 heterocycles. The van der Waals surface area contributed by atoms with E-state index >= 15 is 0 Å². The van der Waals surface area contributed by atoms with Crippen LogP contribution >= 0.6 is 11.3 Å². The van der Waals surface area contributed by atoms with Gasteiger partial charge in [-0.25, -0.2) is 4.98 Å². The van der Waals surface area contributed by atoms with Gasteiger partial charge in [-0.15, -0.1) is 11.3 Å². The zero-order chi connectivity index (χ0) is 16.3. The quantitative estimate of drug-likeness (QED) is 0.932. The van der Waals surface area contributed by atoms with E-state index in [1.54, 1.807) is 11.3 Å². The van der Waals surface area contributed by atoms with Crippen LogP contribution in [0.5, 0.6) is 0 Å². The average molecular weight is 343 g/mol. The van der Waals surface area contributed by atoms with Crippen LogP contribution < -0.4 is 0 Å². The second-order valence-corrected chi connectivity index (χ2v) is 8.22. The van der Waals surface area contributed by atoms with Crippen molar-refractivity contribution in [3.05, 3.63) is 28.8 Å². The topological polar surface area (TPSA) is 58.4 Å². The molecule has 1 amide bonds. The van der Waals surface area contributed by atoms with E-state index in [1.165, 1.54) is 16.1 Å². The van der Waals surface area contributed by atoms with Gasteiger partial charge >= 0.3 is 0 Å². The normalized spacial score (nSPS) is 29.5. The maximum Gasteiger partial charge on any atom is 0.222 e. The zero-order valence-corrected chi connectivity index (χ0v) is 14.3. The Kier molecular flexibility index (Phi) is 3.31. The number of rotatable bonds is 3. The van der Waals surface area contributed by atoms with Crippen LogP contribution in [0.25, 0.3) is 11.3 Å². The Labute approximate surface area is 144 Å². The van der Waals surface area contributed by atoms with Crippen molar-refractivity contribution in [2.75, 3.05) is 6.54 Å². The number of fused-ring (bicyclic) bond motifs is 4. The standard InChI is InChI=1S/C18H21N3O2S/c22-16(11-3-5-20-12(7-11)1-2-17(20)23)8-14-18-13(4-6-24-18)15-9-19-10-21(14)15/h4,6,9-12,14,16,22H,1-3,5,7-8H2/t11-,12-,14+,16+/m0/s1. The number of aliphatic hydroxyl groups excluding tert-OH is 1. The van der Waals surface area contributed by atoms with Crippen molar-refractivity contribution in [1.82, 2.24) is 14.5 Å². The van der Waals surface area contributed by atoms with Gasteiger partial charge < -0.3 is 14.6 Å². The van der Waals surface area contributed by atoms with Crippen molar-refractivity contribution in [1.29, 1.82) is 0 Å². The third-order valence-electron chi connectivity index (χ3n) is 6.05. The molecule has 0 saturated carbocycles. The van der Waals surface area contributed by atoms with Crippen molar-refractivity contribution in [2.45, 2.75) is 50.3 Å². The molecule has 0 aromatic carbocycles. The summed E-state index contributed by atoms with van der Waals surface area (Å²) in [6.45, 7) is 0.816. The molecule has 1 N–H and O–H groups in total. The van der Waals surface area contributed by atoms with E-state index in [0.29, 0.717) is 24.3 Å². The van der Waals surface area contributed by atoms with Crippen LogP contribution in [0, 0.1) is 5.92 Å². The number of carbonyl (C=O) groups is 1. The summed E-state index contributed by atoms with van der Waals surface area (Å²) in [4.78, 5) is 19.5. The summed E-state index contributed by atoms with van der Waals surface area (Å²) in [5, 5.41) is 13.0. The molecule has 0 radical (unpaired) electrons. The number of imidazole rings is 1. The minimum Gasteiger partial charge on any atom is -0.393 e. The molecule has 126 valence electrons. The zero-order valence-electron chi connectivity index (χ0n) is 13.5. The van der Waals surface area contributed by atoms with Gasteiger partial charge in [0.15, 0.2) is 0 Å². The lowest BCUT2D eigenvalue weighted by Crippen LogP contribution is -2.43. The van der Waals surface area contributed by atoms with E-state index in [0.717, 1.165) is 32.2 Å². The molecular formula is C18H21N3O2S. The summed E-state index contributed by atoms with van der Waals surface area (Å²) in [6, 6.07) is 2.72. The second kappa shape index (κ2) is 5.43. The molecule has 0 unspecified atom stereocenters. The van der Waals surface area contributed by atoms with Crippen LogP contribution in [-0.4, -0.2) is 44.2 Å². The summed E-state index contributed by atoms with van der Waals surface area (Å²) < 4.78 is 2.21. The number of nitrogens with zero attached hydrogens (tertiary/aromatic N) is 3. The number of amides is 1. The second-order valence-electron chi connectivity index (χ2n) is 7.27. The van der Waals surface area contributed by atoms with Crippen LogP contribution in [0.15, 0.2) is 24.0 Å². The van der Waals surface area contributed by atoms with E-state index < -0.39 is 0 Å². The molecule has 0 aliphatic carbocycles. The first-order valence-electron chi connectivity index (χ1n) is 8.79. The van der Waals surface area contributed by atoms with Gasteiger partial charge in [0.2, 0.25) is 5.91 Å². The highest BCUT2D eigenvalue weighted by Gasteiger charge is 2.40. The van der Waals surface area contributed by atoms with Crippen LogP contribution in [0.3, 0.4) is 0 Å². The summed E-state index contributed by atoms with van der Waals surface area (Å²) in [5.41, 5.74) is 2.44. The highest BCUT2D eigenvalue weighted by molar-refractivity contribution is 7.10.